The van der Waals surface area contributed by atoms with Gasteiger partial charge in [0.05, 0.1) is 22.4 Å². The number of pyridine rings is 2. The highest BCUT2D eigenvalue weighted by Crippen LogP contribution is 2.40. The maximum absolute atomic E-state index is 5.36. The summed E-state index contributed by atoms with van der Waals surface area (Å²) in [5.41, 5.74) is 8.61. The molecule has 0 amide bonds. The largest absolute Gasteiger partial charge is 0.248 e. The van der Waals surface area contributed by atoms with Crippen molar-refractivity contribution in [3.63, 3.8) is 0 Å². The minimum Gasteiger partial charge on any atom is -0.248 e. The Labute approximate surface area is 322 Å². The minimum atomic E-state index is 0.606. The lowest BCUT2D eigenvalue weighted by molar-refractivity contribution is 1.07. The van der Waals surface area contributed by atoms with Gasteiger partial charge in [0.1, 0.15) is 0 Å². The molecule has 3 heterocycles. The van der Waals surface area contributed by atoms with Gasteiger partial charge in [-0.3, -0.25) is 0 Å². The maximum Gasteiger partial charge on any atom is 0.164 e. The second-order valence-corrected chi connectivity index (χ2v) is 14.0. The average molecular weight is 714 g/mol. The van der Waals surface area contributed by atoms with E-state index in [1.54, 1.807) is 0 Å². The van der Waals surface area contributed by atoms with Crippen LogP contribution in [0.2, 0.25) is 0 Å². The fourth-order valence-corrected chi connectivity index (χ4v) is 8.01. The summed E-state index contributed by atoms with van der Waals surface area (Å²) in [7, 11) is 0. The molecule has 11 rings (SSSR count). The van der Waals surface area contributed by atoms with Crippen LogP contribution in [0.3, 0.4) is 0 Å². The van der Waals surface area contributed by atoms with Crippen molar-refractivity contribution in [2.75, 3.05) is 0 Å². The molecule has 0 unspecified atom stereocenters. The van der Waals surface area contributed by atoms with E-state index < -0.39 is 0 Å². The van der Waals surface area contributed by atoms with Crippen molar-refractivity contribution in [2.24, 2.45) is 0 Å². The fraction of sp³-hybridized carbons (Fsp3) is 0. The molecule has 0 aliphatic carbocycles. The van der Waals surface area contributed by atoms with Gasteiger partial charge in [-0.25, -0.2) is 24.9 Å². The van der Waals surface area contributed by atoms with E-state index in [0.717, 1.165) is 71.8 Å². The molecule has 8 aromatic carbocycles. The van der Waals surface area contributed by atoms with Crippen LogP contribution in [0.5, 0.6) is 0 Å². The van der Waals surface area contributed by atoms with Crippen LogP contribution < -0.4 is 0 Å². The average Bonchev–Trinajstić information content (AvgIpc) is 3.28. The van der Waals surface area contributed by atoms with Crippen molar-refractivity contribution >= 4 is 54.1 Å². The van der Waals surface area contributed by atoms with Crippen LogP contribution in [0.1, 0.15) is 0 Å². The van der Waals surface area contributed by atoms with Gasteiger partial charge in [-0.2, -0.15) is 0 Å². The summed E-state index contributed by atoms with van der Waals surface area (Å²) < 4.78 is 0. The molecule has 11 aromatic rings. The third-order valence-corrected chi connectivity index (χ3v) is 10.7. The molecule has 0 fully saturated rings. The Morgan fingerprint density at radius 2 is 0.821 bits per heavy atom. The van der Waals surface area contributed by atoms with Gasteiger partial charge in [-0.15, -0.1) is 0 Å². The standard InChI is InChI=1S/C51H31N5/c1-4-14-32(15-5-1)48-47-40(25-28-44-41(47)26-29-45(52-44)42-30-35-20-10-11-21-37(35)38-22-12-13-23-39(38)42)43-31-36(24-27-46(43)53-48)51-55-49(33-16-6-2-7-17-33)54-50(56-51)34-18-8-3-9-19-34/h1-31H. The van der Waals surface area contributed by atoms with Crippen molar-refractivity contribution in [3.05, 3.63) is 188 Å². The fourth-order valence-electron chi connectivity index (χ4n) is 8.01. The minimum absolute atomic E-state index is 0.606. The molecular formula is C51H31N5. The number of fused-ring (bicyclic) bond motifs is 8. The Kier molecular flexibility index (Phi) is 7.42. The quantitative estimate of drug-likeness (QED) is 0.166. The Morgan fingerprint density at radius 1 is 0.286 bits per heavy atom. The van der Waals surface area contributed by atoms with Gasteiger partial charge >= 0.3 is 0 Å². The maximum atomic E-state index is 5.36. The van der Waals surface area contributed by atoms with Crippen LogP contribution in [0.4, 0.5) is 0 Å². The lowest BCUT2D eigenvalue weighted by Crippen LogP contribution is -2.00. The van der Waals surface area contributed by atoms with Crippen LogP contribution in [0, 0.1) is 0 Å². The molecule has 5 heteroatoms. The zero-order chi connectivity index (χ0) is 37.0. The van der Waals surface area contributed by atoms with E-state index in [2.05, 4.69) is 121 Å². The molecule has 5 nitrogen and oxygen atoms in total. The Balaban J connectivity index is 1.14. The molecule has 0 spiro atoms. The van der Waals surface area contributed by atoms with Crippen molar-refractivity contribution in [2.45, 2.75) is 0 Å². The zero-order valence-electron chi connectivity index (χ0n) is 30.1. The van der Waals surface area contributed by atoms with Crippen LogP contribution >= 0.6 is 0 Å². The number of hydrogen-bond donors (Lipinski definition) is 0. The van der Waals surface area contributed by atoms with E-state index >= 15 is 0 Å². The van der Waals surface area contributed by atoms with Gasteiger partial charge in [0.2, 0.25) is 0 Å². The normalized spacial score (nSPS) is 11.6. The third-order valence-electron chi connectivity index (χ3n) is 10.7. The van der Waals surface area contributed by atoms with Crippen LogP contribution in [0.25, 0.3) is 111 Å². The van der Waals surface area contributed by atoms with Crippen molar-refractivity contribution in [1.29, 1.82) is 0 Å². The monoisotopic (exact) mass is 713 g/mol. The summed E-state index contributed by atoms with van der Waals surface area (Å²) in [6.07, 6.45) is 0. The van der Waals surface area contributed by atoms with Crippen LogP contribution in [-0.4, -0.2) is 24.9 Å². The van der Waals surface area contributed by atoms with Gasteiger partial charge in [-0.05, 0) is 69.4 Å². The predicted molar refractivity (Wildman–Crippen MR) is 230 cm³/mol. The van der Waals surface area contributed by atoms with Gasteiger partial charge in [0, 0.05) is 44.0 Å². The molecule has 0 atom stereocenters. The molecule has 0 N–H and O–H groups in total. The molecule has 0 saturated carbocycles. The summed E-state index contributed by atoms with van der Waals surface area (Å²) >= 11 is 0. The molecule has 56 heavy (non-hydrogen) atoms. The predicted octanol–water partition coefficient (Wildman–Crippen LogP) is 12.8. The Bertz CT molecular complexity index is 3230. The van der Waals surface area contributed by atoms with Gasteiger partial charge < -0.3 is 0 Å². The molecule has 0 saturated heterocycles. The van der Waals surface area contributed by atoms with E-state index in [-0.39, 0.29) is 0 Å². The van der Waals surface area contributed by atoms with Gasteiger partial charge in [-0.1, -0.05) is 146 Å². The molecular weight excluding hydrogens is 683 g/mol. The number of nitrogens with zero attached hydrogens (tertiary/aromatic N) is 5. The van der Waals surface area contributed by atoms with E-state index in [0.29, 0.717) is 17.5 Å². The second kappa shape index (κ2) is 13.0. The Morgan fingerprint density at radius 3 is 1.52 bits per heavy atom. The first kappa shape index (κ1) is 31.9. The summed E-state index contributed by atoms with van der Waals surface area (Å²) in [5.74, 6) is 1.86. The highest BCUT2D eigenvalue weighted by atomic mass is 15.0. The molecule has 0 radical (unpaired) electrons. The summed E-state index contributed by atoms with van der Waals surface area (Å²) in [6.45, 7) is 0. The summed E-state index contributed by atoms with van der Waals surface area (Å²) in [4.78, 5) is 25.7. The SMILES string of the molecule is c1ccc(-c2nc(-c3ccccc3)nc(-c3ccc4nc(-c5ccccc5)c5c6ccc(-c7cc8ccccc8c8ccccc78)nc6ccc5c4c3)n2)cc1. The number of benzene rings is 8. The summed E-state index contributed by atoms with van der Waals surface area (Å²) in [5, 5.41) is 9.08. The third kappa shape index (κ3) is 5.37. The highest BCUT2D eigenvalue weighted by Gasteiger charge is 2.18. The molecule has 3 aromatic heterocycles. The lowest BCUT2D eigenvalue weighted by Gasteiger charge is -2.15. The number of hydrogen-bond acceptors (Lipinski definition) is 5. The highest BCUT2D eigenvalue weighted by molar-refractivity contribution is 6.21. The first-order chi connectivity index (χ1) is 27.7. The second-order valence-electron chi connectivity index (χ2n) is 14.0. The van der Waals surface area contributed by atoms with Crippen LogP contribution in [0.15, 0.2) is 188 Å². The zero-order valence-corrected chi connectivity index (χ0v) is 30.1. The number of aromatic nitrogens is 5. The summed E-state index contributed by atoms with van der Waals surface area (Å²) in [6, 6.07) is 65.1. The molecule has 0 bridgehead atoms. The topological polar surface area (TPSA) is 64.5 Å². The first-order valence-corrected chi connectivity index (χ1v) is 18.8. The van der Waals surface area contributed by atoms with E-state index in [1.165, 1.54) is 21.5 Å². The molecule has 0 aliphatic heterocycles. The van der Waals surface area contributed by atoms with Gasteiger partial charge in [0.25, 0.3) is 0 Å². The van der Waals surface area contributed by atoms with Crippen molar-refractivity contribution < 1.29 is 0 Å². The molecule has 0 aliphatic rings. The van der Waals surface area contributed by atoms with Crippen molar-refractivity contribution in [3.8, 4) is 56.7 Å². The number of rotatable bonds is 5. The smallest absolute Gasteiger partial charge is 0.164 e. The first-order valence-electron chi connectivity index (χ1n) is 18.8. The van der Waals surface area contributed by atoms with Crippen molar-refractivity contribution in [1.82, 2.24) is 24.9 Å². The van der Waals surface area contributed by atoms with E-state index in [1.807, 2.05) is 66.7 Å². The Hall–Kier alpha value is -7.63. The van der Waals surface area contributed by atoms with E-state index in [4.69, 9.17) is 24.9 Å². The molecule has 260 valence electrons. The van der Waals surface area contributed by atoms with Gasteiger partial charge in [0.15, 0.2) is 17.5 Å². The van der Waals surface area contributed by atoms with E-state index in [9.17, 15) is 0 Å². The van der Waals surface area contributed by atoms with Crippen LogP contribution in [-0.2, 0) is 0 Å². The lowest BCUT2D eigenvalue weighted by atomic mass is 9.93.